The molecule has 0 bridgehead atoms. The van der Waals surface area contributed by atoms with Gasteiger partial charge >= 0.3 is 12.6 Å². The Labute approximate surface area is 109 Å². The lowest BCUT2D eigenvalue weighted by Crippen LogP contribution is -2.40. The van der Waals surface area contributed by atoms with E-state index in [-0.39, 0.29) is 19.0 Å². The predicted molar refractivity (Wildman–Crippen MR) is 63.9 cm³/mol. The number of nitrogens with one attached hydrogen (secondary N) is 1. The molecule has 0 unspecified atom stereocenters. The van der Waals surface area contributed by atoms with E-state index in [0.29, 0.717) is 0 Å². The molecule has 1 aromatic carbocycles. The van der Waals surface area contributed by atoms with Gasteiger partial charge in [0, 0.05) is 6.54 Å². The highest BCUT2D eigenvalue weighted by Crippen LogP contribution is 2.01. The summed E-state index contributed by atoms with van der Waals surface area (Å²) in [6, 6.07) is 7.91. The number of alkyl halides is 2. The van der Waals surface area contributed by atoms with Crippen molar-refractivity contribution in [3.8, 4) is 0 Å². The summed E-state index contributed by atoms with van der Waals surface area (Å²) in [5, 5.41) is 11.4. The molecule has 0 aliphatic carbocycles. The van der Waals surface area contributed by atoms with E-state index in [4.69, 9.17) is 5.11 Å². The number of hydrogen-bond acceptors (Lipinski definition) is 3. The zero-order valence-corrected chi connectivity index (χ0v) is 10.2. The summed E-state index contributed by atoms with van der Waals surface area (Å²) in [5.41, 5.74) is 0.871. The monoisotopic (exact) mass is 281 g/mol. The molecule has 7 heteroatoms. The van der Waals surface area contributed by atoms with Crippen LogP contribution in [0.15, 0.2) is 30.3 Å². The second-order valence-corrected chi connectivity index (χ2v) is 3.35. The Balaban J connectivity index is 0.00000289. The van der Waals surface area contributed by atoms with Crippen molar-refractivity contribution in [3.05, 3.63) is 35.9 Å². The van der Waals surface area contributed by atoms with Gasteiger partial charge in [0.05, 0.1) is 6.61 Å². The highest BCUT2D eigenvalue weighted by molar-refractivity contribution is 5.85. The van der Waals surface area contributed by atoms with E-state index in [1.807, 2.05) is 18.2 Å². The van der Waals surface area contributed by atoms with Gasteiger partial charge in [-0.3, -0.25) is 10.1 Å². The number of carbonyl (C=O) groups is 1. The molecule has 0 aromatic heterocycles. The lowest BCUT2D eigenvalue weighted by atomic mass is 10.2. The maximum absolute atomic E-state index is 11.8. The van der Waals surface area contributed by atoms with Crippen LogP contribution in [-0.4, -0.2) is 30.3 Å². The molecule has 0 aliphatic heterocycles. The summed E-state index contributed by atoms with van der Waals surface area (Å²) in [7, 11) is 0. The minimum atomic E-state index is -2.96. The molecule has 2 N–H and O–H groups in total. The number of hydrogen-bond donors (Lipinski definition) is 2. The zero-order chi connectivity index (χ0) is 12.7. The van der Waals surface area contributed by atoms with Crippen LogP contribution in [0, 0.1) is 0 Å². The number of carboxylic acids is 1. The summed E-state index contributed by atoms with van der Waals surface area (Å²) >= 11 is 0. The van der Waals surface area contributed by atoms with Gasteiger partial charge in [0.15, 0.2) is 0 Å². The van der Waals surface area contributed by atoms with E-state index >= 15 is 0 Å². The molecule has 0 fully saturated rings. The fraction of sp³-hybridized carbons (Fsp3) is 0.364. The average Bonchev–Trinajstić information content (AvgIpc) is 2.29. The first-order valence-electron chi connectivity index (χ1n) is 4.99. The summed E-state index contributed by atoms with van der Waals surface area (Å²) in [6.45, 7) is -3.25. The van der Waals surface area contributed by atoms with Gasteiger partial charge in [0.2, 0.25) is 0 Å². The van der Waals surface area contributed by atoms with Gasteiger partial charge in [-0.25, -0.2) is 0 Å². The smallest absolute Gasteiger partial charge is 0.345 e. The number of ether oxygens (including phenoxy) is 1. The molecule has 0 radical (unpaired) electrons. The van der Waals surface area contributed by atoms with Crippen molar-refractivity contribution in [1.29, 1.82) is 0 Å². The molecule has 102 valence electrons. The van der Waals surface area contributed by atoms with Crippen molar-refractivity contribution in [3.63, 3.8) is 0 Å². The highest BCUT2D eigenvalue weighted by atomic mass is 35.5. The topological polar surface area (TPSA) is 58.6 Å². The molecule has 1 rings (SSSR count). The standard InChI is InChI=1S/C11H13F2NO3.ClH/c12-11(13)17-7-9(10(15)16)14-6-8-4-2-1-3-5-8;/h1-5,9,11,14H,6-7H2,(H,15,16);1H/t9-;/m0./s1. The predicted octanol–water partition coefficient (Wildman–Crippen LogP) is 1.89. The van der Waals surface area contributed by atoms with Crippen LogP contribution < -0.4 is 5.32 Å². The number of aliphatic carboxylic acids is 1. The fourth-order valence-electron chi connectivity index (χ4n) is 1.22. The van der Waals surface area contributed by atoms with Crippen LogP contribution in [-0.2, 0) is 16.1 Å². The summed E-state index contributed by atoms with van der Waals surface area (Å²) in [4.78, 5) is 10.7. The van der Waals surface area contributed by atoms with Crippen LogP contribution in [0.3, 0.4) is 0 Å². The molecule has 18 heavy (non-hydrogen) atoms. The molecule has 1 aromatic rings. The van der Waals surface area contributed by atoms with Crippen LogP contribution in [0.2, 0.25) is 0 Å². The van der Waals surface area contributed by atoms with Gasteiger partial charge in [0.1, 0.15) is 6.04 Å². The van der Waals surface area contributed by atoms with Crippen LogP contribution in [0.25, 0.3) is 0 Å². The van der Waals surface area contributed by atoms with Crippen molar-refractivity contribution in [2.75, 3.05) is 6.61 Å². The van der Waals surface area contributed by atoms with Crippen LogP contribution >= 0.6 is 12.4 Å². The van der Waals surface area contributed by atoms with E-state index < -0.39 is 25.2 Å². The molecule has 0 saturated carbocycles. The largest absolute Gasteiger partial charge is 0.480 e. The Kier molecular flexibility index (Phi) is 8.19. The molecular formula is C11H14ClF2NO3. The van der Waals surface area contributed by atoms with E-state index in [2.05, 4.69) is 10.1 Å². The van der Waals surface area contributed by atoms with Crippen molar-refractivity contribution in [1.82, 2.24) is 5.32 Å². The maximum atomic E-state index is 11.8. The lowest BCUT2D eigenvalue weighted by Gasteiger charge is -2.14. The third kappa shape index (κ3) is 6.48. The van der Waals surface area contributed by atoms with Crippen LogP contribution in [0.5, 0.6) is 0 Å². The van der Waals surface area contributed by atoms with Gasteiger partial charge in [-0.1, -0.05) is 30.3 Å². The molecule has 0 saturated heterocycles. The fourth-order valence-corrected chi connectivity index (χ4v) is 1.22. The van der Waals surface area contributed by atoms with E-state index in [9.17, 15) is 13.6 Å². The first-order chi connectivity index (χ1) is 8.09. The average molecular weight is 282 g/mol. The first kappa shape index (κ1) is 16.8. The van der Waals surface area contributed by atoms with Crippen LogP contribution in [0.1, 0.15) is 5.56 Å². The van der Waals surface area contributed by atoms with Crippen molar-refractivity contribution >= 4 is 18.4 Å². The van der Waals surface area contributed by atoms with Crippen molar-refractivity contribution in [2.24, 2.45) is 0 Å². The summed E-state index contributed by atoms with van der Waals surface area (Å²) in [6.07, 6.45) is 0. The minimum Gasteiger partial charge on any atom is -0.480 e. The Morgan fingerprint density at radius 2 is 1.94 bits per heavy atom. The van der Waals surface area contributed by atoms with E-state index in [1.54, 1.807) is 12.1 Å². The van der Waals surface area contributed by atoms with Gasteiger partial charge in [0.25, 0.3) is 0 Å². The molecule has 0 heterocycles. The normalized spacial score (nSPS) is 11.9. The Morgan fingerprint density at radius 1 is 1.33 bits per heavy atom. The maximum Gasteiger partial charge on any atom is 0.345 e. The van der Waals surface area contributed by atoms with Crippen molar-refractivity contribution in [2.45, 2.75) is 19.2 Å². The second kappa shape index (κ2) is 8.79. The number of carboxylic acid groups (broad SMARTS) is 1. The molecule has 0 aliphatic rings. The van der Waals surface area contributed by atoms with Gasteiger partial charge < -0.3 is 9.84 Å². The quantitative estimate of drug-likeness (QED) is 0.801. The summed E-state index contributed by atoms with van der Waals surface area (Å²) in [5.74, 6) is -1.22. The Bertz CT molecular complexity index is 351. The summed E-state index contributed by atoms with van der Waals surface area (Å²) < 4.78 is 27.5. The Morgan fingerprint density at radius 3 is 2.44 bits per heavy atom. The molecule has 0 amide bonds. The van der Waals surface area contributed by atoms with Crippen molar-refractivity contribution < 1.29 is 23.4 Å². The second-order valence-electron chi connectivity index (χ2n) is 3.35. The molecular weight excluding hydrogens is 268 g/mol. The molecule has 0 spiro atoms. The lowest BCUT2D eigenvalue weighted by molar-refractivity contribution is -0.153. The van der Waals surface area contributed by atoms with E-state index in [0.717, 1.165) is 5.56 Å². The number of rotatable bonds is 7. The molecule has 1 atom stereocenters. The van der Waals surface area contributed by atoms with Gasteiger partial charge in [-0.15, -0.1) is 12.4 Å². The van der Waals surface area contributed by atoms with Gasteiger partial charge in [-0.2, -0.15) is 8.78 Å². The van der Waals surface area contributed by atoms with Gasteiger partial charge in [-0.05, 0) is 5.56 Å². The minimum absolute atomic E-state index is 0. The number of benzene rings is 1. The first-order valence-corrected chi connectivity index (χ1v) is 4.99. The zero-order valence-electron chi connectivity index (χ0n) is 9.38. The third-order valence-electron chi connectivity index (χ3n) is 2.08. The third-order valence-corrected chi connectivity index (χ3v) is 2.08. The number of halogens is 3. The van der Waals surface area contributed by atoms with E-state index in [1.165, 1.54) is 0 Å². The highest BCUT2D eigenvalue weighted by Gasteiger charge is 2.18. The Hall–Kier alpha value is -1.24. The SMILES string of the molecule is Cl.O=C(O)[C@H](COC(F)F)NCc1ccccc1. The van der Waals surface area contributed by atoms with Crippen LogP contribution in [0.4, 0.5) is 8.78 Å². The molecule has 4 nitrogen and oxygen atoms in total.